The minimum absolute atomic E-state index is 0.0526. The van der Waals surface area contributed by atoms with Gasteiger partial charge in [0.25, 0.3) is 0 Å². The molecule has 4 heterocycles. The zero-order valence-corrected chi connectivity index (χ0v) is 28.7. The molecule has 3 aromatic carbocycles. The number of nitrogens with one attached hydrogen (secondary N) is 1. The molecule has 0 radical (unpaired) electrons. The number of aromatic nitrogens is 1. The molecular formula is C37H38Cl2N3O7+. The molecule has 3 aliphatic heterocycles. The van der Waals surface area contributed by atoms with Gasteiger partial charge >= 0.3 is 11.9 Å². The number of piperidine rings is 3. The van der Waals surface area contributed by atoms with Crippen LogP contribution in [0.5, 0.6) is 11.5 Å². The number of anilines is 1. The molecule has 0 saturated carbocycles. The maximum Gasteiger partial charge on any atom is 0.335 e. The molecule has 4 aromatic rings. The van der Waals surface area contributed by atoms with Crippen molar-refractivity contribution in [1.82, 2.24) is 4.90 Å². The standard InChI is InChI=1S/C37H37Cl2N3O7/c1-47-32-11-8-24(16-33(32)48-2)27(18-29-30(38)19-42(46)20-31(29)39)28-17-25(9-10-26(28)36(43)44)40-35(23-6-4-3-5-7-23)37(45)49-34-21-41-14-12-22(34)13-15-41/h3-11,16-17,19-20,22,27,34-35,40H,12-15,18,21H2,1-2H3,(H-,43,44,46)/p+1/t27-,34-,35?/m0/s1. The molecule has 49 heavy (non-hydrogen) atoms. The zero-order chi connectivity index (χ0) is 34.7. The van der Waals surface area contributed by atoms with E-state index in [1.54, 1.807) is 24.3 Å². The van der Waals surface area contributed by atoms with Gasteiger partial charge < -0.3 is 24.6 Å². The number of ether oxygens (including phenoxy) is 3. The maximum absolute atomic E-state index is 13.9. The second kappa shape index (κ2) is 14.9. The van der Waals surface area contributed by atoms with Crippen LogP contribution in [0.2, 0.25) is 10.0 Å². The number of rotatable bonds is 12. The van der Waals surface area contributed by atoms with E-state index in [9.17, 15) is 19.9 Å². The van der Waals surface area contributed by atoms with Crippen LogP contribution in [-0.2, 0) is 16.0 Å². The number of aromatic carboxylic acids is 1. The fraction of sp³-hybridized carbons (Fsp3) is 0.324. The van der Waals surface area contributed by atoms with Crippen molar-refractivity contribution >= 4 is 40.8 Å². The first kappa shape index (κ1) is 34.4. The third-order valence-corrected chi connectivity index (χ3v) is 10.1. The fourth-order valence-electron chi connectivity index (χ4n) is 6.90. The molecular weight excluding hydrogens is 669 g/mol. The zero-order valence-electron chi connectivity index (χ0n) is 27.1. The number of nitrogens with zero attached hydrogens (tertiary/aromatic N) is 2. The summed E-state index contributed by atoms with van der Waals surface area (Å²) in [6.07, 6.45) is 4.63. The fourth-order valence-corrected chi connectivity index (χ4v) is 7.51. The third kappa shape index (κ3) is 7.56. The first-order chi connectivity index (χ1) is 23.6. The first-order valence-corrected chi connectivity index (χ1v) is 16.8. The summed E-state index contributed by atoms with van der Waals surface area (Å²) in [5, 5.41) is 24.2. The number of pyridine rings is 1. The summed E-state index contributed by atoms with van der Waals surface area (Å²) in [5.41, 5.74) is 2.93. The van der Waals surface area contributed by atoms with Gasteiger partial charge in [0.05, 0.1) is 19.8 Å². The first-order valence-electron chi connectivity index (χ1n) is 16.1. The minimum Gasteiger partial charge on any atom is -0.493 e. The average Bonchev–Trinajstić information content (AvgIpc) is 3.10. The molecule has 1 unspecified atom stereocenters. The Morgan fingerprint density at radius 2 is 1.63 bits per heavy atom. The highest BCUT2D eigenvalue weighted by molar-refractivity contribution is 6.35. The van der Waals surface area contributed by atoms with Crippen molar-refractivity contribution in [1.29, 1.82) is 0 Å². The molecule has 0 aliphatic carbocycles. The van der Waals surface area contributed by atoms with E-state index in [4.69, 9.17) is 37.4 Å². The molecule has 3 aliphatic rings. The van der Waals surface area contributed by atoms with E-state index in [2.05, 4.69) is 10.2 Å². The van der Waals surface area contributed by atoms with E-state index >= 15 is 0 Å². The summed E-state index contributed by atoms with van der Waals surface area (Å²) in [5.74, 6) is -0.855. The van der Waals surface area contributed by atoms with Gasteiger partial charge in [0.1, 0.15) is 16.1 Å². The van der Waals surface area contributed by atoms with E-state index in [-0.39, 0.29) is 28.1 Å². The van der Waals surface area contributed by atoms with Crippen molar-refractivity contribution < 1.29 is 38.8 Å². The van der Waals surface area contributed by atoms with Crippen LogP contribution in [0, 0.1) is 5.92 Å². The lowest BCUT2D eigenvalue weighted by atomic mass is 9.83. The second-order valence-electron chi connectivity index (χ2n) is 12.4. The highest BCUT2D eigenvalue weighted by atomic mass is 35.5. The normalized spacial score (nSPS) is 19.5. The molecule has 2 bridgehead atoms. The molecule has 10 nitrogen and oxygen atoms in total. The molecule has 0 amide bonds. The van der Waals surface area contributed by atoms with Crippen molar-refractivity contribution in [3.8, 4) is 11.5 Å². The Balaban J connectivity index is 1.41. The third-order valence-electron chi connectivity index (χ3n) is 9.49. The molecule has 1 aromatic heterocycles. The lowest BCUT2D eigenvalue weighted by Gasteiger charge is -2.44. The Bertz CT molecular complexity index is 1810. The topological polar surface area (TPSA) is 121 Å². The van der Waals surface area contributed by atoms with E-state index < -0.39 is 23.9 Å². The van der Waals surface area contributed by atoms with E-state index in [0.717, 1.165) is 37.2 Å². The molecule has 12 heteroatoms. The van der Waals surface area contributed by atoms with Crippen LogP contribution in [0.3, 0.4) is 0 Å². The maximum atomic E-state index is 13.9. The SMILES string of the molecule is COc1ccc([C@H](Cc2c(Cl)c[n+](O)cc2Cl)c2cc(NC(C(=O)O[C@H]3CN4CCC3CC4)c3ccccc3)ccc2C(=O)O)cc1OC. The van der Waals surface area contributed by atoms with Crippen molar-refractivity contribution in [2.45, 2.75) is 37.3 Å². The highest BCUT2D eigenvalue weighted by Crippen LogP contribution is 2.40. The lowest BCUT2D eigenvalue weighted by Crippen LogP contribution is -2.52. The summed E-state index contributed by atoms with van der Waals surface area (Å²) >= 11 is 13.2. The molecule has 7 rings (SSSR count). The quantitative estimate of drug-likeness (QED) is 0.0873. The lowest BCUT2D eigenvalue weighted by molar-refractivity contribution is -0.904. The molecule has 3 fully saturated rings. The van der Waals surface area contributed by atoms with Gasteiger partial charge in [0.2, 0.25) is 12.4 Å². The van der Waals surface area contributed by atoms with Crippen LogP contribution in [0.25, 0.3) is 0 Å². The summed E-state index contributed by atoms with van der Waals surface area (Å²) < 4.78 is 18.0. The van der Waals surface area contributed by atoms with Crippen molar-refractivity contribution in [3.05, 3.63) is 117 Å². The summed E-state index contributed by atoms with van der Waals surface area (Å²) in [4.78, 5) is 29.0. The Morgan fingerprint density at radius 3 is 2.24 bits per heavy atom. The van der Waals surface area contributed by atoms with Gasteiger partial charge in [0, 0.05) is 28.4 Å². The van der Waals surface area contributed by atoms with E-state index in [1.165, 1.54) is 32.7 Å². The monoisotopic (exact) mass is 706 g/mol. The van der Waals surface area contributed by atoms with Crippen molar-refractivity contribution in [2.24, 2.45) is 5.92 Å². The van der Waals surface area contributed by atoms with Crippen molar-refractivity contribution in [3.63, 3.8) is 0 Å². The number of carbonyl (C=O) groups excluding carboxylic acids is 1. The predicted molar refractivity (Wildman–Crippen MR) is 184 cm³/mol. The average molecular weight is 708 g/mol. The van der Waals surface area contributed by atoms with Gasteiger partial charge in [-0.05, 0) is 85.3 Å². The number of esters is 1. The van der Waals surface area contributed by atoms with Crippen LogP contribution >= 0.6 is 23.2 Å². The highest BCUT2D eigenvalue weighted by Gasteiger charge is 2.38. The van der Waals surface area contributed by atoms with Gasteiger partial charge in [0.15, 0.2) is 17.5 Å². The number of carbonyl (C=O) groups is 2. The molecule has 3 saturated heterocycles. The predicted octanol–water partition coefficient (Wildman–Crippen LogP) is 6.40. The van der Waals surface area contributed by atoms with Crippen LogP contribution in [0.1, 0.15) is 57.4 Å². The minimum atomic E-state index is -1.13. The van der Waals surface area contributed by atoms with E-state index in [1.807, 2.05) is 36.4 Å². The Kier molecular flexibility index (Phi) is 10.5. The van der Waals surface area contributed by atoms with Crippen LogP contribution < -0.4 is 19.5 Å². The number of hydrogen-bond donors (Lipinski definition) is 3. The number of carboxylic acid groups (broad SMARTS) is 1. The molecule has 3 N–H and O–H groups in total. The summed E-state index contributed by atoms with van der Waals surface area (Å²) in [7, 11) is 3.05. The van der Waals surface area contributed by atoms with Gasteiger partial charge in [-0.15, -0.1) is 0 Å². The van der Waals surface area contributed by atoms with Crippen LogP contribution in [-0.4, -0.2) is 67.1 Å². The van der Waals surface area contributed by atoms with Crippen molar-refractivity contribution in [2.75, 3.05) is 39.2 Å². The number of benzene rings is 3. The summed E-state index contributed by atoms with van der Waals surface area (Å²) in [6.45, 7) is 2.78. The Morgan fingerprint density at radius 1 is 0.939 bits per heavy atom. The van der Waals surface area contributed by atoms with Crippen LogP contribution in [0.4, 0.5) is 5.69 Å². The van der Waals surface area contributed by atoms with Gasteiger partial charge in [-0.3, -0.25) is 10.1 Å². The number of fused-ring (bicyclic) bond motifs is 3. The summed E-state index contributed by atoms with van der Waals surface area (Å²) in [6, 6.07) is 18.7. The Labute approximate surface area is 294 Å². The smallest absolute Gasteiger partial charge is 0.335 e. The van der Waals surface area contributed by atoms with Crippen LogP contribution in [0.15, 0.2) is 79.1 Å². The molecule has 0 spiro atoms. The van der Waals surface area contributed by atoms with E-state index in [0.29, 0.717) is 45.4 Å². The van der Waals surface area contributed by atoms with Gasteiger partial charge in [-0.25, -0.2) is 9.59 Å². The number of halogens is 2. The molecule has 3 atom stereocenters. The van der Waals surface area contributed by atoms with Gasteiger partial charge in [-0.1, -0.05) is 59.6 Å². The Hall–Kier alpha value is -4.51. The number of carboxylic acids is 1. The second-order valence-corrected chi connectivity index (χ2v) is 13.2. The number of hydrogen-bond acceptors (Lipinski definition) is 8. The number of methoxy groups -OCH3 is 2. The largest absolute Gasteiger partial charge is 0.493 e. The molecule has 256 valence electrons. The van der Waals surface area contributed by atoms with Gasteiger partial charge in [-0.2, -0.15) is 0 Å².